The number of aryl methyl sites for hydroxylation is 1. The zero-order valence-corrected chi connectivity index (χ0v) is 15.8. The topological polar surface area (TPSA) is 84.2 Å². The van der Waals surface area contributed by atoms with Crippen LogP contribution in [0.5, 0.6) is 0 Å². The Kier molecular flexibility index (Phi) is 10.7. The van der Waals surface area contributed by atoms with E-state index in [1.165, 1.54) is 11.8 Å². The number of halogens is 3. The summed E-state index contributed by atoms with van der Waals surface area (Å²) < 4.78 is 26.3. The van der Waals surface area contributed by atoms with Gasteiger partial charge in [-0.05, 0) is 37.5 Å². The van der Waals surface area contributed by atoms with E-state index in [4.69, 9.17) is 5.73 Å². The van der Waals surface area contributed by atoms with Crippen LogP contribution in [-0.4, -0.2) is 48.9 Å². The van der Waals surface area contributed by atoms with Gasteiger partial charge in [0.2, 0.25) is 5.91 Å². The zero-order valence-electron chi connectivity index (χ0n) is 14.2. The average molecular weight is 396 g/mol. The van der Waals surface area contributed by atoms with Gasteiger partial charge in [-0.3, -0.25) is 9.59 Å². The molecule has 0 fully saturated rings. The van der Waals surface area contributed by atoms with Crippen LogP contribution in [0.25, 0.3) is 0 Å². The number of alkyl halides is 2. The van der Waals surface area contributed by atoms with Gasteiger partial charge in [-0.25, -0.2) is 8.78 Å². The summed E-state index contributed by atoms with van der Waals surface area (Å²) in [7, 11) is 0. The number of rotatable bonds is 9. The van der Waals surface area contributed by atoms with Crippen molar-refractivity contribution in [2.45, 2.75) is 25.3 Å². The first kappa shape index (κ1) is 23.6. The highest BCUT2D eigenvalue weighted by atomic mass is 35.5. The van der Waals surface area contributed by atoms with Crippen LogP contribution in [0.1, 0.15) is 22.3 Å². The third kappa shape index (κ3) is 8.51. The van der Waals surface area contributed by atoms with E-state index in [1.807, 2.05) is 19.2 Å². The van der Waals surface area contributed by atoms with E-state index >= 15 is 0 Å². The molecule has 0 aromatic heterocycles. The number of nitrogens with one attached hydrogen (secondary N) is 2. The maximum Gasteiger partial charge on any atom is 0.277 e. The molecular weight excluding hydrogens is 372 g/mol. The van der Waals surface area contributed by atoms with Gasteiger partial charge in [0.25, 0.3) is 11.8 Å². The lowest BCUT2D eigenvalue weighted by atomic mass is 10.1. The van der Waals surface area contributed by atoms with Crippen molar-refractivity contribution >= 4 is 36.0 Å². The first-order valence-corrected chi connectivity index (χ1v) is 8.90. The molecule has 0 aliphatic heterocycles. The Balaban J connectivity index is 0.00000576. The summed E-state index contributed by atoms with van der Waals surface area (Å²) in [6.07, 6.45) is 2.21. The highest BCUT2D eigenvalue weighted by Crippen LogP contribution is 2.10. The third-order valence-corrected chi connectivity index (χ3v) is 3.98. The van der Waals surface area contributed by atoms with Crippen molar-refractivity contribution < 1.29 is 18.4 Å². The smallest absolute Gasteiger partial charge is 0.277 e. The van der Waals surface area contributed by atoms with Gasteiger partial charge < -0.3 is 16.4 Å². The number of benzene rings is 1. The summed E-state index contributed by atoms with van der Waals surface area (Å²) in [4.78, 5) is 24.4. The van der Waals surface area contributed by atoms with Gasteiger partial charge in [0.05, 0.1) is 13.1 Å². The second kappa shape index (κ2) is 11.3. The molecule has 0 aliphatic rings. The van der Waals surface area contributed by atoms with Gasteiger partial charge >= 0.3 is 0 Å². The number of carbonyl (C=O) groups is 2. The molecule has 1 atom stereocenters. The van der Waals surface area contributed by atoms with Gasteiger partial charge in [0, 0.05) is 5.56 Å². The summed E-state index contributed by atoms with van der Waals surface area (Å²) in [5.74, 6) is -3.61. The number of nitrogens with two attached hydrogens (primary N) is 1. The Bertz CT molecular complexity index is 576. The first-order valence-electron chi connectivity index (χ1n) is 7.51. The summed E-state index contributed by atoms with van der Waals surface area (Å²) in [6.45, 7) is 0.153. The number of hydrogen-bond donors (Lipinski definition) is 3. The summed E-state index contributed by atoms with van der Waals surface area (Å²) in [5, 5.41) is 4.77. The molecule has 0 heterocycles. The molecule has 9 heteroatoms. The highest BCUT2D eigenvalue weighted by Gasteiger charge is 2.29. The Morgan fingerprint density at radius 1 is 1.36 bits per heavy atom. The molecule has 142 valence electrons. The molecular formula is C16H24ClF2N3O2S. The molecule has 0 bridgehead atoms. The lowest BCUT2D eigenvalue weighted by Gasteiger charge is -2.20. The van der Waals surface area contributed by atoms with Crippen LogP contribution in [-0.2, 0) is 4.79 Å². The fourth-order valence-electron chi connectivity index (χ4n) is 1.94. The monoisotopic (exact) mass is 395 g/mol. The molecule has 0 aliphatic carbocycles. The summed E-state index contributed by atoms with van der Waals surface area (Å²) in [5.41, 5.74) is 6.28. The molecule has 2 amide bonds. The Hall–Kier alpha value is -1.38. The van der Waals surface area contributed by atoms with E-state index < -0.39 is 36.9 Å². The molecule has 25 heavy (non-hydrogen) atoms. The van der Waals surface area contributed by atoms with E-state index in [-0.39, 0.29) is 12.4 Å². The lowest BCUT2D eigenvalue weighted by Crippen LogP contribution is -2.50. The van der Waals surface area contributed by atoms with Crippen molar-refractivity contribution in [1.29, 1.82) is 0 Å². The number of amides is 2. The Morgan fingerprint density at radius 2 is 2.04 bits per heavy atom. The second-order valence-electron chi connectivity index (χ2n) is 5.45. The molecule has 1 unspecified atom stereocenters. The van der Waals surface area contributed by atoms with Crippen LogP contribution in [0, 0.1) is 6.92 Å². The standard InChI is InChI=1S/C16H23F2N3O2S.ClH/c1-11-4-3-5-12(8-11)14(22)21-13(6-7-24-2)15(23)20-10-16(17,18)9-19;/h3-5,8,13H,6-7,9-10,19H2,1-2H3,(H,20,23)(H,21,22);1H. The van der Waals surface area contributed by atoms with E-state index in [9.17, 15) is 18.4 Å². The molecule has 0 saturated heterocycles. The van der Waals surface area contributed by atoms with E-state index in [2.05, 4.69) is 10.6 Å². The molecule has 5 nitrogen and oxygen atoms in total. The summed E-state index contributed by atoms with van der Waals surface area (Å²) in [6, 6.07) is 6.04. The van der Waals surface area contributed by atoms with Crippen LogP contribution >= 0.6 is 24.2 Å². The van der Waals surface area contributed by atoms with Gasteiger partial charge in [-0.2, -0.15) is 11.8 Å². The average Bonchev–Trinajstić information content (AvgIpc) is 2.56. The van der Waals surface area contributed by atoms with Crippen molar-refractivity contribution in [3.05, 3.63) is 35.4 Å². The van der Waals surface area contributed by atoms with Gasteiger partial charge in [0.1, 0.15) is 6.04 Å². The van der Waals surface area contributed by atoms with Gasteiger partial charge in [-0.1, -0.05) is 17.7 Å². The quantitative estimate of drug-likeness (QED) is 0.597. The molecule has 1 aromatic carbocycles. The molecule has 0 saturated carbocycles. The van der Waals surface area contributed by atoms with Crippen LogP contribution in [0.3, 0.4) is 0 Å². The maximum atomic E-state index is 13.2. The summed E-state index contributed by atoms with van der Waals surface area (Å²) >= 11 is 1.50. The minimum atomic E-state index is -3.17. The fourth-order valence-corrected chi connectivity index (χ4v) is 2.42. The minimum Gasteiger partial charge on any atom is -0.348 e. The predicted molar refractivity (Wildman–Crippen MR) is 99.7 cm³/mol. The SMILES string of the molecule is CSCCC(NC(=O)c1cccc(C)c1)C(=O)NCC(F)(F)CN.Cl. The van der Waals surface area contributed by atoms with Crippen LogP contribution < -0.4 is 16.4 Å². The third-order valence-electron chi connectivity index (χ3n) is 3.33. The van der Waals surface area contributed by atoms with Crippen molar-refractivity contribution in [2.24, 2.45) is 5.73 Å². The largest absolute Gasteiger partial charge is 0.348 e. The molecule has 1 aromatic rings. The fraction of sp³-hybridized carbons (Fsp3) is 0.500. The number of thioether (sulfide) groups is 1. The Labute approximate surface area is 156 Å². The van der Waals surface area contributed by atoms with Crippen molar-refractivity contribution in [2.75, 3.05) is 25.1 Å². The van der Waals surface area contributed by atoms with Crippen LogP contribution in [0.15, 0.2) is 24.3 Å². The predicted octanol–water partition coefficient (Wildman–Crippen LogP) is 1.98. The van der Waals surface area contributed by atoms with Crippen molar-refractivity contribution in [1.82, 2.24) is 10.6 Å². The van der Waals surface area contributed by atoms with Crippen LogP contribution in [0.2, 0.25) is 0 Å². The molecule has 0 radical (unpaired) electrons. The first-order chi connectivity index (χ1) is 11.3. The minimum absolute atomic E-state index is 0. The molecule has 4 N–H and O–H groups in total. The Morgan fingerprint density at radius 3 is 2.60 bits per heavy atom. The second-order valence-corrected chi connectivity index (χ2v) is 6.44. The maximum absolute atomic E-state index is 13.2. The van der Waals surface area contributed by atoms with Crippen LogP contribution in [0.4, 0.5) is 8.78 Å². The van der Waals surface area contributed by atoms with E-state index in [0.717, 1.165) is 5.56 Å². The van der Waals surface area contributed by atoms with Gasteiger partial charge in [0.15, 0.2) is 0 Å². The lowest BCUT2D eigenvalue weighted by molar-refractivity contribution is -0.124. The van der Waals surface area contributed by atoms with Gasteiger partial charge in [-0.15, -0.1) is 12.4 Å². The van der Waals surface area contributed by atoms with Crippen molar-refractivity contribution in [3.8, 4) is 0 Å². The van der Waals surface area contributed by atoms with E-state index in [0.29, 0.717) is 17.7 Å². The number of carbonyl (C=O) groups excluding carboxylic acids is 2. The zero-order chi connectivity index (χ0) is 18.2. The van der Waals surface area contributed by atoms with E-state index in [1.54, 1.807) is 18.2 Å². The van der Waals surface area contributed by atoms with Crippen molar-refractivity contribution in [3.63, 3.8) is 0 Å². The normalized spacial score (nSPS) is 12.0. The number of hydrogen-bond acceptors (Lipinski definition) is 4. The molecule has 1 rings (SSSR count). The molecule has 0 spiro atoms. The highest BCUT2D eigenvalue weighted by molar-refractivity contribution is 7.98.